The molecule has 1 aromatic carbocycles. The first kappa shape index (κ1) is 8.49. The highest BCUT2D eigenvalue weighted by molar-refractivity contribution is 7.13. The number of nitrogens with two attached hydrogens (primary N) is 1. The average Bonchev–Trinajstić information content (AvgIpc) is 2.86. The third-order valence-corrected chi connectivity index (χ3v) is 3.04. The smallest absolute Gasteiger partial charge is 0.237 e. The molecule has 74 valence electrons. The van der Waals surface area contributed by atoms with Crippen molar-refractivity contribution in [1.82, 2.24) is 4.98 Å². The SMILES string of the molecule is Nc1cccc2nc(-c3cccs3)oc12. The van der Waals surface area contributed by atoms with Crippen molar-refractivity contribution in [2.75, 3.05) is 5.73 Å². The van der Waals surface area contributed by atoms with Crippen molar-refractivity contribution in [3.8, 4) is 10.8 Å². The summed E-state index contributed by atoms with van der Waals surface area (Å²) in [7, 11) is 0. The van der Waals surface area contributed by atoms with E-state index in [1.54, 1.807) is 11.3 Å². The zero-order valence-electron chi connectivity index (χ0n) is 7.81. The molecule has 0 aliphatic rings. The van der Waals surface area contributed by atoms with E-state index in [-0.39, 0.29) is 0 Å². The van der Waals surface area contributed by atoms with Gasteiger partial charge in [0.05, 0.1) is 10.6 Å². The molecule has 0 spiro atoms. The van der Waals surface area contributed by atoms with E-state index in [9.17, 15) is 0 Å². The van der Waals surface area contributed by atoms with E-state index in [1.807, 2.05) is 35.7 Å². The van der Waals surface area contributed by atoms with Gasteiger partial charge in [0.1, 0.15) is 5.52 Å². The molecule has 0 unspecified atom stereocenters. The van der Waals surface area contributed by atoms with Crippen molar-refractivity contribution >= 4 is 28.1 Å². The molecule has 0 bridgehead atoms. The lowest BCUT2D eigenvalue weighted by molar-refractivity contribution is 0.623. The first-order chi connectivity index (χ1) is 7.34. The van der Waals surface area contributed by atoms with Gasteiger partial charge >= 0.3 is 0 Å². The summed E-state index contributed by atoms with van der Waals surface area (Å²) in [5, 5.41) is 1.99. The minimum atomic E-state index is 0.628. The summed E-state index contributed by atoms with van der Waals surface area (Å²) in [6, 6.07) is 9.53. The van der Waals surface area contributed by atoms with Crippen LogP contribution < -0.4 is 5.73 Å². The van der Waals surface area contributed by atoms with Crippen LogP contribution in [-0.4, -0.2) is 4.98 Å². The summed E-state index contributed by atoms with van der Waals surface area (Å²) in [4.78, 5) is 5.40. The number of thiophene rings is 1. The zero-order chi connectivity index (χ0) is 10.3. The first-order valence-electron chi connectivity index (χ1n) is 4.53. The molecule has 15 heavy (non-hydrogen) atoms. The van der Waals surface area contributed by atoms with Crippen LogP contribution in [0.25, 0.3) is 21.9 Å². The molecule has 0 atom stereocenters. The molecule has 0 aliphatic carbocycles. The van der Waals surface area contributed by atoms with Crippen LogP contribution in [-0.2, 0) is 0 Å². The minimum Gasteiger partial charge on any atom is -0.433 e. The van der Waals surface area contributed by atoms with Crippen LogP contribution in [0.15, 0.2) is 40.1 Å². The molecule has 2 N–H and O–H groups in total. The van der Waals surface area contributed by atoms with E-state index in [1.165, 1.54) is 0 Å². The number of aromatic nitrogens is 1. The van der Waals surface area contributed by atoms with Gasteiger partial charge < -0.3 is 10.2 Å². The highest BCUT2D eigenvalue weighted by atomic mass is 32.1. The van der Waals surface area contributed by atoms with Gasteiger partial charge in [-0.05, 0) is 23.6 Å². The van der Waals surface area contributed by atoms with Crippen LogP contribution in [0.4, 0.5) is 5.69 Å². The molecule has 3 aromatic rings. The molecule has 2 aromatic heterocycles. The van der Waals surface area contributed by atoms with Gasteiger partial charge in [0, 0.05) is 0 Å². The Hall–Kier alpha value is -1.81. The molecular weight excluding hydrogens is 208 g/mol. The standard InChI is InChI=1S/C11H8N2OS/c12-7-3-1-4-8-10(7)14-11(13-8)9-5-2-6-15-9/h1-6H,12H2. The molecule has 3 nitrogen and oxygen atoms in total. The third kappa shape index (κ3) is 1.30. The van der Waals surface area contributed by atoms with Crippen molar-refractivity contribution in [3.05, 3.63) is 35.7 Å². The van der Waals surface area contributed by atoms with Gasteiger partial charge in [0.15, 0.2) is 5.58 Å². The molecule has 0 saturated carbocycles. The topological polar surface area (TPSA) is 52.0 Å². The fourth-order valence-electron chi connectivity index (χ4n) is 1.48. The Bertz CT molecular complexity index is 598. The summed E-state index contributed by atoms with van der Waals surface area (Å²) >= 11 is 1.60. The van der Waals surface area contributed by atoms with Crippen LogP contribution >= 0.6 is 11.3 Å². The molecule has 0 radical (unpaired) electrons. The molecule has 3 rings (SSSR count). The summed E-state index contributed by atoms with van der Waals surface area (Å²) in [6.07, 6.45) is 0. The zero-order valence-corrected chi connectivity index (χ0v) is 8.62. The van der Waals surface area contributed by atoms with Gasteiger partial charge in [-0.3, -0.25) is 0 Å². The predicted octanol–water partition coefficient (Wildman–Crippen LogP) is 3.14. The van der Waals surface area contributed by atoms with E-state index in [0.717, 1.165) is 10.4 Å². The highest BCUT2D eigenvalue weighted by Crippen LogP contribution is 2.29. The lowest BCUT2D eigenvalue weighted by atomic mass is 10.3. The van der Waals surface area contributed by atoms with E-state index >= 15 is 0 Å². The minimum absolute atomic E-state index is 0.628. The molecule has 4 heteroatoms. The summed E-state index contributed by atoms with van der Waals surface area (Å²) in [5.41, 5.74) is 7.89. The van der Waals surface area contributed by atoms with Crippen molar-refractivity contribution < 1.29 is 4.42 Å². The van der Waals surface area contributed by atoms with E-state index < -0.39 is 0 Å². The fourth-order valence-corrected chi connectivity index (χ4v) is 2.12. The Morgan fingerprint density at radius 3 is 2.87 bits per heavy atom. The maximum Gasteiger partial charge on any atom is 0.237 e. The molecule has 2 heterocycles. The van der Waals surface area contributed by atoms with E-state index in [2.05, 4.69) is 4.98 Å². The number of oxazole rings is 1. The summed E-state index contributed by atoms with van der Waals surface area (Å²) in [5.74, 6) is 0.637. The second-order valence-electron chi connectivity index (χ2n) is 3.19. The van der Waals surface area contributed by atoms with E-state index in [0.29, 0.717) is 17.2 Å². The molecule has 0 aliphatic heterocycles. The number of rotatable bonds is 1. The molecule has 0 amide bonds. The predicted molar refractivity (Wildman–Crippen MR) is 61.7 cm³/mol. The molecular formula is C11H8N2OS. The van der Waals surface area contributed by atoms with Gasteiger partial charge in [-0.25, -0.2) is 4.98 Å². The lowest BCUT2D eigenvalue weighted by Gasteiger charge is -1.90. The normalized spacial score (nSPS) is 10.9. The Morgan fingerprint density at radius 1 is 1.20 bits per heavy atom. The first-order valence-corrected chi connectivity index (χ1v) is 5.41. The van der Waals surface area contributed by atoms with Crippen molar-refractivity contribution in [2.45, 2.75) is 0 Å². The number of hydrogen-bond donors (Lipinski definition) is 1. The number of nitrogen functional groups attached to an aromatic ring is 1. The Morgan fingerprint density at radius 2 is 2.13 bits per heavy atom. The van der Waals surface area contributed by atoms with Crippen LogP contribution in [0, 0.1) is 0 Å². The number of anilines is 1. The molecule has 0 fully saturated rings. The van der Waals surface area contributed by atoms with Gasteiger partial charge in [-0.2, -0.15) is 0 Å². The lowest BCUT2D eigenvalue weighted by Crippen LogP contribution is -1.82. The van der Waals surface area contributed by atoms with Gasteiger partial charge in [0.25, 0.3) is 0 Å². The number of fused-ring (bicyclic) bond motifs is 1. The van der Waals surface area contributed by atoms with Crippen molar-refractivity contribution in [2.24, 2.45) is 0 Å². The average molecular weight is 216 g/mol. The van der Waals surface area contributed by atoms with Crippen LogP contribution in [0.3, 0.4) is 0 Å². The van der Waals surface area contributed by atoms with Gasteiger partial charge in [-0.15, -0.1) is 11.3 Å². The second-order valence-corrected chi connectivity index (χ2v) is 4.14. The number of hydrogen-bond acceptors (Lipinski definition) is 4. The highest BCUT2D eigenvalue weighted by Gasteiger charge is 2.10. The third-order valence-electron chi connectivity index (χ3n) is 2.18. The van der Waals surface area contributed by atoms with Crippen molar-refractivity contribution in [1.29, 1.82) is 0 Å². The second kappa shape index (κ2) is 3.10. The Balaban J connectivity index is 2.27. The monoisotopic (exact) mass is 216 g/mol. The molecule has 0 saturated heterocycles. The summed E-state index contributed by atoms with van der Waals surface area (Å²) < 4.78 is 5.62. The van der Waals surface area contributed by atoms with Crippen molar-refractivity contribution in [3.63, 3.8) is 0 Å². The fraction of sp³-hybridized carbons (Fsp3) is 0. The Labute approximate surface area is 90.2 Å². The van der Waals surface area contributed by atoms with Gasteiger partial charge in [-0.1, -0.05) is 12.1 Å². The van der Waals surface area contributed by atoms with Crippen LogP contribution in [0.5, 0.6) is 0 Å². The van der Waals surface area contributed by atoms with Gasteiger partial charge in [0.2, 0.25) is 5.89 Å². The maximum absolute atomic E-state index is 5.79. The number of nitrogens with zero attached hydrogens (tertiary/aromatic N) is 1. The largest absolute Gasteiger partial charge is 0.433 e. The van der Waals surface area contributed by atoms with Crippen LogP contribution in [0.1, 0.15) is 0 Å². The number of para-hydroxylation sites is 1. The Kier molecular flexibility index (Phi) is 1.76. The maximum atomic E-state index is 5.79. The number of benzene rings is 1. The summed E-state index contributed by atoms with van der Waals surface area (Å²) in [6.45, 7) is 0. The van der Waals surface area contributed by atoms with E-state index in [4.69, 9.17) is 10.2 Å². The van der Waals surface area contributed by atoms with Crippen LogP contribution in [0.2, 0.25) is 0 Å². The quantitative estimate of drug-likeness (QED) is 0.636.